The van der Waals surface area contributed by atoms with Gasteiger partial charge in [-0.2, -0.15) is 0 Å². The Morgan fingerprint density at radius 2 is 1.86 bits per heavy atom. The van der Waals surface area contributed by atoms with Crippen molar-refractivity contribution in [1.82, 2.24) is 0 Å². The second-order valence-corrected chi connectivity index (χ2v) is 6.57. The van der Waals surface area contributed by atoms with Crippen molar-refractivity contribution in [3.63, 3.8) is 0 Å². The number of hydrogen-bond donors (Lipinski definition) is 1. The van der Waals surface area contributed by atoms with Crippen molar-refractivity contribution in [2.45, 2.75) is 32.2 Å². The van der Waals surface area contributed by atoms with Crippen molar-refractivity contribution in [3.8, 4) is 0 Å². The summed E-state index contributed by atoms with van der Waals surface area (Å²) >= 11 is 0. The van der Waals surface area contributed by atoms with Crippen LogP contribution in [0.15, 0.2) is 48.6 Å². The lowest BCUT2D eigenvalue weighted by molar-refractivity contribution is 0.424. The van der Waals surface area contributed by atoms with Crippen LogP contribution in [0.4, 0.5) is 10.1 Å². The number of nitrogens with one attached hydrogen (secondary N) is 1. The monoisotopic (exact) mass is 293 g/mol. The summed E-state index contributed by atoms with van der Waals surface area (Å²) in [6.45, 7) is 4.33. The smallest absolute Gasteiger partial charge is 0.123 e. The highest BCUT2D eigenvalue weighted by atomic mass is 19.1. The molecule has 0 radical (unpaired) electrons. The first kappa shape index (κ1) is 13.6. The van der Waals surface area contributed by atoms with Gasteiger partial charge in [-0.25, -0.2) is 4.39 Å². The highest BCUT2D eigenvalue weighted by Crippen LogP contribution is 2.50. The third-order valence-corrected chi connectivity index (χ3v) is 5.04. The minimum atomic E-state index is -0.173. The zero-order valence-electron chi connectivity index (χ0n) is 12.9. The van der Waals surface area contributed by atoms with Gasteiger partial charge in [-0.1, -0.05) is 42.0 Å². The number of halogens is 1. The van der Waals surface area contributed by atoms with Crippen molar-refractivity contribution in [2.24, 2.45) is 5.92 Å². The minimum Gasteiger partial charge on any atom is -0.377 e. The van der Waals surface area contributed by atoms with E-state index in [4.69, 9.17) is 0 Å². The fourth-order valence-electron chi connectivity index (χ4n) is 4.07. The van der Waals surface area contributed by atoms with E-state index in [0.29, 0.717) is 11.8 Å². The third kappa shape index (κ3) is 2.06. The summed E-state index contributed by atoms with van der Waals surface area (Å²) in [6.07, 6.45) is 5.71. The number of benzene rings is 2. The van der Waals surface area contributed by atoms with Gasteiger partial charge in [0.05, 0.1) is 6.04 Å². The summed E-state index contributed by atoms with van der Waals surface area (Å²) in [6, 6.07) is 11.7. The summed E-state index contributed by atoms with van der Waals surface area (Å²) in [5.41, 5.74) is 6.45. The Labute approximate surface area is 130 Å². The molecule has 2 aliphatic rings. The van der Waals surface area contributed by atoms with Gasteiger partial charge in [-0.15, -0.1) is 0 Å². The molecule has 22 heavy (non-hydrogen) atoms. The van der Waals surface area contributed by atoms with Gasteiger partial charge in [0.1, 0.15) is 5.82 Å². The fraction of sp³-hybridized carbons (Fsp3) is 0.300. The van der Waals surface area contributed by atoms with Crippen LogP contribution in [0.1, 0.15) is 40.6 Å². The molecule has 1 nitrogen and oxygen atoms in total. The molecule has 1 aliphatic heterocycles. The average molecular weight is 293 g/mol. The topological polar surface area (TPSA) is 12.0 Å². The summed E-state index contributed by atoms with van der Waals surface area (Å²) in [5, 5.41) is 3.74. The number of allylic oxidation sites excluding steroid dienone is 2. The molecule has 0 saturated carbocycles. The van der Waals surface area contributed by atoms with E-state index >= 15 is 0 Å². The third-order valence-electron chi connectivity index (χ3n) is 5.04. The number of aryl methyl sites for hydroxylation is 2. The Bertz CT molecular complexity index is 745. The molecule has 0 fully saturated rings. The van der Waals surface area contributed by atoms with E-state index in [1.54, 1.807) is 12.1 Å². The van der Waals surface area contributed by atoms with Crippen molar-refractivity contribution in [2.75, 3.05) is 5.32 Å². The van der Waals surface area contributed by atoms with Crippen LogP contribution in [0.25, 0.3) is 0 Å². The van der Waals surface area contributed by atoms with Crippen LogP contribution in [0, 0.1) is 25.6 Å². The van der Waals surface area contributed by atoms with Gasteiger partial charge in [0.25, 0.3) is 0 Å². The lowest BCUT2D eigenvalue weighted by Crippen LogP contribution is -2.29. The molecule has 0 aromatic heterocycles. The number of rotatable bonds is 1. The molecule has 1 heterocycles. The standard InChI is InChI=1S/C20H20FN/c1-12-10-13(2)19-18(11-12)16-4-3-5-17(16)20(22-19)14-6-8-15(21)9-7-14/h3-4,6-11,16-17,20,22H,5H2,1-2H3. The van der Waals surface area contributed by atoms with Gasteiger partial charge in [0.15, 0.2) is 0 Å². The Kier molecular flexibility index (Phi) is 3.07. The van der Waals surface area contributed by atoms with Crippen LogP contribution in [-0.4, -0.2) is 0 Å². The molecule has 2 aromatic rings. The molecule has 2 heteroatoms. The van der Waals surface area contributed by atoms with E-state index in [9.17, 15) is 4.39 Å². The lowest BCUT2D eigenvalue weighted by Gasteiger charge is -2.38. The van der Waals surface area contributed by atoms with E-state index in [1.807, 2.05) is 12.1 Å². The molecule has 1 N–H and O–H groups in total. The van der Waals surface area contributed by atoms with Crippen molar-refractivity contribution < 1.29 is 4.39 Å². The quantitative estimate of drug-likeness (QED) is 0.706. The Balaban J connectivity index is 1.82. The summed E-state index contributed by atoms with van der Waals surface area (Å²) in [5.74, 6) is 0.803. The van der Waals surface area contributed by atoms with Crippen LogP contribution in [0.3, 0.4) is 0 Å². The van der Waals surface area contributed by atoms with E-state index in [1.165, 1.54) is 27.9 Å². The van der Waals surface area contributed by atoms with Gasteiger partial charge in [0, 0.05) is 11.6 Å². The SMILES string of the molecule is Cc1cc(C)c2c(c1)C1C=CCC1C(c1ccc(F)cc1)N2. The van der Waals surface area contributed by atoms with Crippen molar-refractivity contribution in [3.05, 3.63) is 76.6 Å². The largest absolute Gasteiger partial charge is 0.377 e. The summed E-state index contributed by atoms with van der Waals surface area (Å²) < 4.78 is 13.2. The first-order valence-electron chi connectivity index (χ1n) is 7.93. The molecular weight excluding hydrogens is 273 g/mol. The minimum absolute atomic E-state index is 0.173. The molecule has 4 rings (SSSR count). The first-order chi connectivity index (χ1) is 10.6. The maximum absolute atomic E-state index is 13.2. The highest BCUT2D eigenvalue weighted by molar-refractivity contribution is 5.65. The van der Waals surface area contributed by atoms with Crippen LogP contribution >= 0.6 is 0 Å². The van der Waals surface area contributed by atoms with Gasteiger partial charge in [0.2, 0.25) is 0 Å². The molecule has 0 amide bonds. The molecule has 3 atom stereocenters. The van der Waals surface area contributed by atoms with Crippen LogP contribution in [0.5, 0.6) is 0 Å². The van der Waals surface area contributed by atoms with Crippen molar-refractivity contribution >= 4 is 5.69 Å². The molecule has 0 saturated heterocycles. The number of anilines is 1. The maximum Gasteiger partial charge on any atom is 0.123 e. The molecule has 0 spiro atoms. The van der Waals surface area contributed by atoms with Gasteiger partial charge in [-0.3, -0.25) is 0 Å². The summed E-state index contributed by atoms with van der Waals surface area (Å²) in [7, 11) is 0. The van der Waals surface area contributed by atoms with E-state index in [0.717, 1.165) is 6.42 Å². The van der Waals surface area contributed by atoms with Crippen molar-refractivity contribution in [1.29, 1.82) is 0 Å². The lowest BCUT2D eigenvalue weighted by atomic mass is 9.76. The molecule has 1 aliphatic carbocycles. The van der Waals surface area contributed by atoms with E-state index in [-0.39, 0.29) is 11.9 Å². The second kappa shape index (κ2) is 4.98. The number of hydrogen-bond acceptors (Lipinski definition) is 1. The fourth-order valence-corrected chi connectivity index (χ4v) is 4.07. The zero-order valence-corrected chi connectivity index (χ0v) is 12.9. The zero-order chi connectivity index (χ0) is 15.3. The van der Waals surface area contributed by atoms with Gasteiger partial charge >= 0.3 is 0 Å². The Morgan fingerprint density at radius 1 is 1.09 bits per heavy atom. The van der Waals surface area contributed by atoms with Crippen LogP contribution in [0.2, 0.25) is 0 Å². The molecule has 3 unspecified atom stereocenters. The Hall–Kier alpha value is -2.09. The van der Waals surface area contributed by atoms with Crippen LogP contribution in [-0.2, 0) is 0 Å². The normalized spacial score (nSPS) is 25.5. The first-order valence-corrected chi connectivity index (χ1v) is 7.93. The van der Waals surface area contributed by atoms with Crippen LogP contribution < -0.4 is 5.32 Å². The Morgan fingerprint density at radius 3 is 2.64 bits per heavy atom. The van der Waals surface area contributed by atoms with Gasteiger partial charge in [-0.05, 0) is 55.0 Å². The maximum atomic E-state index is 13.2. The predicted octanol–water partition coefficient (Wildman–Crippen LogP) is 5.27. The van der Waals surface area contributed by atoms with E-state index < -0.39 is 0 Å². The van der Waals surface area contributed by atoms with Gasteiger partial charge < -0.3 is 5.32 Å². The molecule has 112 valence electrons. The predicted molar refractivity (Wildman–Crippen MR) is 88.7 cm³/mol. The molecule has 0 bridgehead atoms. The molecular formula is C20H20FN. The second-order valence-electron chi connectivity index (χ2n) is 6.57. The number of fused-ring (bicyclic) bond motifs is 3. The highest BCUT2D eigenvalue weighted by Gasteiger charge is 2.38. The average Bonchev–Trinajstić information content (AvgIpc) is 2.97. The summed E-state index contributed by atoms with van der Waals surface area (Å²) in [4.78, 5) is 0. The molecule has 2 aromatic carbocycles. The van der Waals surface area contributed by atoms with E-state index in [2.05, 4.69) is 43.4 Å².